The molecular formula is C16H21NO3. The number of para-hydroxylation sites is 2. The lowest BCUT2D eigenvalue weighted by Crippen LogP contribution is -2.13. The highest BCUT2D eigenvalue weighted by molar-refractivity contribution is 5.39. The molecule has 0 bridgehead atoms. The van der Waals surface area contributed by atoms with Gasteiger partial charge in [-0.15, -0.1) is 0 Å². The third kappa shape index (κ3) is 4.03. The lowest BCUT2D eigenvalue weighted by Gasteiger charge is -2.08. The van der Waals surface area contributed by atoms with Crippen LogP contribution < -0.4 is 14.8 Å². The number of benzene rings is 1. The Kier molecular flexibility index (Phi) is 5.50. The molecule has 2 rings (SSSR count). The molecule has 0 unspecified atom stereocenters. The Hall–Kier alpha value is -1.94. The Balaban J connectivity index is 1.87. The lowest BCUT2D eigenvalue weighted by molar-refractivity contribution is 0.256. The van der Waals surface area contributed by atoms with Crippen LogP contribution >= 0.6 is 0 Å². The van der Waals surface area contributed by atoms with E-state index in [-0.39, 0.29) is 0 Å². The maximum absolute atomic E-state index is 5.71. The van der Waals surface area contributed by atoms with Crippen LogP contribution in [-0.4, -0.2) is 13.7 Å². The molecule has 0 atom stereocenters. The molecule has 1 N–H and O–H groups in total. The smallest absolute Gasteiger partial charge is 0.161 e. The molecule has 0 amide bonds. The number of methoxy groups -OCH3 is 1. The number of hydrogen-bond acceptors (Lipinski definition) is 4. The summed E-state index contributed by atoms with van der Waals surface area (Å²) in [4.78, 5) is 0. The van der Waals surface area contributed by atoms with Gasteiger partial charge in [-0.3, -0.25) is 0 Å². The predicted octanol–water partition coefficient (Wildman–Crippen LogP) is 3.37. The first-order valence-corrected chi connectivity index (χ1v) is 6.86. The van der Waals surface area contributed by atoms with Crippen molar-refractivity contribution in [2.45, 2.75) is 26.5 Å². The summed E-state index contributed by atoms with van der Waals surface area (Å²) in [5.74, 6) is 2.25. The Bertz CT molecular complexity index is 522. The van der Waals surface area contributed by atoms with Gasteiger partial charge < -0.3 is 19.2 Å². The molecule has 2 aromatic rings. The van der Waals surface area contributed by atoms with Crippen LogP contribution in [0.2, 0.25) is 0 Å². The van der Waals surface area contributed by atoms with Crippen LogP contribution in [-0.2, 0) is 13.2 Å². The van der Waals surface area contributed by atoms with Crippen molar-refractivity contribution in [3.8, 4) is 11.5 Å². The zero-order valence-electron chi connectivity index (χ0n) is 12.0. The largest absolute Gasteiger partial charge is 0.493 e. The number of rotatable bonds is 8. The second-order valence-electron chi connectivity index (χ2n) is 4.54. The Labute approximate surface area is 119 Å². The highest BCUT2D eigenvalue weighted by atomic mass is 16.5. The van der Waals surface area contributed by atoms with Crippen molar-refractivity contribution in [2.24, 2.45) is 0 Å². The van der Waals surface area contributed by atoms with Crippen LogP contribution in [0, 0.1) is 0 Å². The van der Waals surface area contributed by atoms with Crippen LogP contribution in [0.5, 0.6) is 11.5 Å². The van der Waals surface area contributed by atoms with E-state index in [1.165, 1.54) is 0 Å². The van der Waals surface area contributed by atoms with E-state index < -0.39 is 0 Å². The summed E-state index contributed by atoms with van der Waals surface area (Å²) in [6.07, 6.45) is 2.89. The van der Waals surface area contributed by atoms with Crippen LogP contribution in [0.3, 0.4) is 0 Å². The molecule has 0 saturated heterocycles. The summed E-state index contributed by atoms with van der Waals surface area (Å²) in [7, 11) is 1.63. The average molecular weight is 275 g/mol. The predicted molar refractivity (Wildman–Crippen MR) is 78.0 cm³/mol. The molecule has 1 aromatic heterocycles. The number of hydrogen-bond donors (Lipinski definition) is 1. The van der Waals surface area contributed by atoms with Crippen LogP contribution in [0.1, 0.15) is 24.7 Å². The minimum atomic E-state index is 0.397. The van der Waals surface area contributed by atoms with Crippen molar-refractivity contribution in [3.63, 3.8) is 0 Å². The molecule has 4 heteroatoms. The summed E-state index contributed by atoms with van der Waals surface area (Å²) in [6, 6.07) is 9.59. The van der Waals surface area contributed by atoms with Crippen LogP contribution in [0.4, 0.5) is 0 Å². The fourth-order valence-electron chi connectivity index (χ4n) is 1.89. The van der Waals surface area contributed by atoms with Gasteiger partial charge in [0.15, 0.2) is 11.5 Å². The topological polar surface area (TPSA) is 43.6 Å². The van der Waals surface area contributed by atoms with Gasteiger partial charge in [-0.05, 0) is 31.2 Å². The summed E-state index contributed by atoms with van der Waals surface area (Å²) < 4.78 is 16.4. The molecule has 0 aliphatic heterocycles. The van der Waals surface area contributed by atoms with Crippen LogP contribution in [0.25, 0.3) is 0 Å². The van der Waals surface area contributed by atoms with E-state index in [1.807, 2.05) is 30.3 Å². The molecule has 4 nitrogen and oxygen atoms in total. The third-order valence-electron chi connectivity index (χ3n) is 2.90. The maximum atomic E-state index is 5.71. The molecule has 1 heterocycles. The number of nitrogens with one attached hydrogen (secondary N) is 1. The fourth-order valence-corrected chi connectivity index (χ4v) is 1.89. The van der Waals surface area contributed by atoms with Crippen molar-refractivity contribution in [3.05, 3.63) is 47.9 Å². The van der Waals surface area contributed by atoms with E-state index in [0.29, 0.717) is 6.61 Å². The van der Waals surface area contributed by atoms with Gasteiger partial charge in [-0.2, -0.15) is 0 Å². The van der Waals surface area contributed by atoms with Gasteiger partial charge >= 0.3 is 0 Å². The highest BCUT2D eigenvalue weighted by Crippen LogP contribution is 2.26. The third-order valence-corrected chi connectivity index (χ3v) is 2.90. The van der Waals surface area contributed by atoms with Gasteiger partial charge in [0.1, 0.15) is 12.4 Å². The van der Waals surface area contributed by atoms with E-state index in [9.17, 15) is 0 Å². The zero-order chi connectivity index (χ0) is 14.2. The molecule has 1 aromatic carbocycles. The molecule has 0 radical (unpaired) electrons. The molecule has 20 heavy (non-hydrogen) atoms. The fraction of sp³-hybridized carbons (Fsp3) is 0.375. The second kappa shape index (κ2) is 7.60. The molecular weight excluding hydrogens is 254 g/mol. The van der Waals surface area contributed by atoms with Crippen LogP contribution in [0.15, 0.2) is 41.0 Å². The standard InChI is InChI=1S/C16H21NO3/c1-3-8-17-10-13-9-14(19-11-13)12-20-16-7-5-4-6-15(16)18-2/h4-7,9,11,17H,3,8,10,12H2,1-2H3. The quantitative estimate of drug-likeness (QED) is 0.750. The average Bonchev–Trinajstić information content (AvgIpc) is 2.93. The first-order valence-electron chi connectivity index (χ1n) is 6.86. The maximum Gasteiger partial charge on any atom is 0.161 e. The van der Waals surface area contributed by atoms with Gasteiger partial charge in [0.2, 0.25) is 0 Å². The normalized spacial score (nSPS) is 10.5. The Morgan fingerprint density at radius 3 is 2.75 bits per heavy atom. The van der Waals surface area contributed by atoms with Crippen molar-refractivity contribution < 1.29 is 13.9 Å². The first kappa shape index (κ1) is 14.5. The molecule has 0 saturated carbocycles. The summed E-state index contributed by atoms with van der Waals surface area (Å²) in [5.41, 5.74) is 1.14. The van der Waals surface area contributed by atoms with Gasteiger partial charge in [0.25, 0.3) is 0 Å². The second-order valence-corrected chi connectivity index (χ2v) is 4.54. The van der Waals surface area contributed by atoms with Crippen molar-refractivity contribution >= 4 is 0 Å². The highest BCUT2D eigenvalue weighted by Gasteiger charge is 2.06. The van der Waals surface area contributed by atoms with E-state index >= 15 is 0 Å². The van der Waals surface area contributed by atoms with Crippen molar-refractivity contribution in [1.82, 2.24) is 5.32 Å². The lowest BCUT2D eigenvalue weighted by atomic mass is 10.3. The molecule has 0 aliphatic carbocycles. The summed E-state index contributed by atoms with van der Waals surface area (Å²) in [5, 5.41) is 3.34. The number of furan rings is 1. The van der Waals surface area contributed by atoms with Crippen molar-refractivity contribution in [2.75, 3.05) is 13.7 Å². The summed E-state index contributed by atoms with van der Waals surface area (Å²) in [6.45, 7) is 4.38. The summed E-state index contributed by atoms with van der Waals surface area (Å²) >= 11 is 0. The van der Waals surface area contributed by atoms with Gasteiger partial charge in [0.05, 0.1) is 13.4 Å². The molecule has 0 spiro atoms. The van der Waals surface area contributed by atoms with Gasteiger partial charge in [-0.25, -0.2) is 0 Å². The van der Waals surface area contributed by atoms with E-state index in [4.69, 9.17) is 13.9 Å². The van der Waals surface area contributed by atoms with Gasteiger partial charge in [0, 0.05) is 12.1 Å². The Morgan fingerprint density at radius 1 is 1.20 bits per heavy atom. The SMILES string of the molecule is CCCNCc1coc(COc2ccccc2OC)c1. The molecule has 108 valence electrons. The Morgan fingerprint density at radius 2 is 2.00 bits per heavy atom. The van der Waals surface area contributed by atoms with E-state index in [1.54, 1.807) is 13.4 Å². The minimum absolute atomic E-state index is 0.397. The zero-order valence-corrected chi connectivity index (χ0v) is 12.0. The van der Waals surface area contributed by atoms with Gasteiger partial charge in [-0.1, -0.05) is 19.1 Å². The minimum Gasteiger partial charge on any atom is -0.493 e. The number of ether oxygens (including phenoxy) is 2. The first-order chi connectivity index (χ1) is 9.83. The molecule has 0 fully saturated rings. The molecule has 0 aliphatic rings. The van der Waals surface area contributed by atoms with E-state index in [2.05, 4.69) is 12.2 Å². The monoisotopic (exact) mass is 275 g/mol. The van der Waals surface area contributed by atoms with E-state index in [0.717, 1.165) is 42.3 Å². The van der Waals surface area contributed by atoms with Crippen molar-refractivity contribution in [1.29, 1.82) is 0 Å².